The van der Waals surface area contributed by atoms with Gasteiger partial charge in [-0.3, -0.25) is 4.79 Å². The SMILES string of the molecule is NC(=O)c1cccc(S[C@H]2OC(CO)[C@H](O)[C@H](n3cc(-c4cc(F)c(F)c(F)c4)nn3)C2O)c1. The molecule has 5 atom stereocenters. The third-order valence-corrected chi connectivity index (χ3v) is 6.46. The molecule has 1 aliphatic heterocycles. The first-order chi connectivity index (χ1) is 16.2. The molecule has 1 saturated heterocycles. The number of thioether (sulfide) groups is 1. The van der Waals surface area contributed by atoms with Crippen LogP contribution in [0.25, 0.3) is 11.3 Å². The molecule has 5 N–H and O–H groups in total. The van der Waals surface area contributed by atoms with Crippen molar-refractivity contribution in [3.8, 4) is 11.3 Å². The van der Waals surface area contributed by atoms with E-state index < -0.39 is 59.8 Å². The van der Waals surface area contributed by atoms with Crippen LogP contribution in [0.3, 0.4) is 0 Å². The van der Waals surface area contributed by atoms with Gasteiger partial charge in [0.05, 0.1) is 12.8 Å². The van der Waals surface area contributed by atoms with Crippen molar-refractivity contribution in [2.24, 2.45) is 5.73 Å². The summed E-state index contributed by atoms with van der Waals surface area (Å²) in [5, 5.41) is 39.0. The van der Waals surface area contributed by atoms with Gasteiger partial charge in [0.15, 0.2) is 17.5 Å². The van der Waals surface area contributed by atoms with Gasteiger partial charge in [0, 0.05) is 16.0 Å². The highest BCUT2D eigenvalue weighted by Gasteiger charge is 2.46. The zero-order chi connectivity index (χ0) is 24.6. The molecule has 1 fully saturated rings. The Morgan fingerprint density at radius 3 is 2.50 bits per heavy atom. The van der Waals surface area contributed by atoms with Crippen LogP contribution in [0.2, 0.25) is 0 Å². The number of aliphatic hydroxyl groups is 3. The van der Waals surface area contributed by atoms with Crippen molar-refractivity contribution in [3.63, 3.8) is 0 Å². The maximum absolute atomic E-state index is 13.6. The number of hydrogen-bond donors (Lipinski definition) is 4. The number of nitrogens with two attached hydrogens (primary N) is 1. The molecule has 1 aromatic heterocycles. The Morgan fingerprint density at radius 2 is 1.85 bits per heavy atom. The number of benzene rings is 2. The molecule has 4 rings (SSSR count). The highest BCUT2D eigenvalue weighted by molar-refractivity contribution is 7.99. The summed E-state index contributed by atoms with van der Waals surface area (Å²) in [6, 6.07) is 6.59. The molecular formula is C21H19F3N4O5S. The summed E-state index contributed by atoms with van der Waals surface area (Å²) in [7, 11) is 0. The smallest absolute Gasteiger partial charge is 0.248 e. The summed E-state index contributed by atoms with van der Waals surface area (Å²) < 4.78 is 47.2. The van der Waals surface area contributed by atoms with E-state index in [2.05, 4.69) is 10.3 Å². The highest BCUT2D eigenvalue weighted by atomic mass is 32.2. The van der Waals surface area contributed by atoms with Gasteiger partial charge in [-0.25, -0.2) is 17.9 Å². The number of primary amides is 1. The number of halogens is 3. The molecule has 1 aliphatic rings. The van der Waals surface area contributed by atoms with Gasteiger partial charge in [0.1, 0.15) is 35.5 Å². The molecule has 34 heavy (non-hydrogen) atoms. The number of hydrogen-bond acceptors (Lipinski definition) is 8. The Morgan fingerprint density at radius 1 is 1.15 bits per heavy atom. The summed E-state index contributed by atoms with van der Waals surface area (Å²) in [5.74, 6) is -5.09. The van der Waals surface area contributed by atoms with Crippen LogP contribution >= 0.6 is 11.8 Å². The third-order valence-electron chi connectivity index (χ3n) is 5.31. The maximum atomic E-state index is 13.6. The van der Waals surface area contributed by atoms with Crippen molar-refractivity contribution in [1.82, 2.24) is 15.0 Å². The molecule has 2 heterocycles. The van der Waals surface area contributed by atoms with E-state index in [4.69, 9.17) is 10.5 Å². The van der Waals surface area contributed by atoms with Gasteiger partial charge in [0.2, 0.25) is 5.91 Å². The minimum Gasteiger partial charge on any atom is -0.394 e. The predicted octanol–water partition coefficient (Wildman–Crippen LogP) is 1.23. The number of carbonyl (C=O) groups is 1. The lowest BCUT2D eigenvalue weighted by Gasteiger charge is -2.41. The van der Waals surface area contributed by atoms with E-state index in [-0.39, 0.29) is 16.8 Å². The summed E-state index contributed by atoms with van der Waals surface area (Å²) in [6.07, 6.45) is -2.71. The Hall–Kier alpha value is -2.97. The molecule has 0 radical (unpaired) electrons. The molecule has 2 unspecified atom stereocenters. The maximum Gasteiger partial charge on any atom is 0.248 e. The molecule has 2 aromatic carbocycles. The number of nitrogens with zero attached hydrogens (tertiary/aromatic N) is 3. The second-order valence-corrected chi connectivity index (χ2v) is 8.72. The van der Waals surface area contributed by atoms with E-state index in [0.29, 0.717) is 4.90 Å². The van der Waals surface area contributed by atoms with Crippen molar-refractivity contribution in [2.75, 3.05) is 6.61 Å². The van der Waals surface area contributed by atoms with Crippen LogP contribution in [-0.2, 0) is 4.74 Å². The number of amides is 1. The van der Waals surface area contributed by atoms with E-state index in [1.54, 1.807) is 12.1 Å². The summed E-state index contributed by atoms with van der Waals surface area (Å²) in [4.78, 5) is 12.0. The Kier molecular flexibility index (Phi) is 6.91. The first kappa shape index (κ1) is 24.2. The van der Waals surface area contributed by atoms with Gasteiger partial charge in [-0.15, -0.1) is 5.10 Å². The van der Waals surface area contributed by atoms with E-state index in [9.17, 15) is 33.3 Å². The Bertz CT molecular complexity index is 1190. The molecule has 180 valence electrons. The number of ether oxygens (including phenoxy) is 1. The van der Waals surface area contributed by atoms with Crippen LogP contribution in [0.5, 0.6) is 0 Å². The standard InChI is InChI=1S/C21H19F3N4O5S/c22-12-5-10(6-13(23)16(12)24)14-7-28(27-26-14)17-18(30)15(8-29)33-21(19(17)31)34-11-3-1-2-9(4-11)20(25)32/h1-7,15,17-19,21,29-31H,8H2,(H2,25,32)/t15?,17-,18-,19?,21+/m0/s1. The van der Waals surface area contributed by atoms with Gasteiger partial charge < -0.3 is 25.8 Å². The average molecular weight is 496 g/mol. The number of aromatic nitrogens is 3. The second-order valence-electron chi connectivity index (χ2n) is 7.54. The fraction of sp³-hybridized carbons (Fsp3) is 0.286. The summed E-state index contributed by atoms with van der Waals surface area (Å²) in [5.41, 5.74) is 4.38. The molecule has 0 saturated carbocycles. The topological polar surface area (TPSA) is 144 Å². The fourth-order valence-electron chi connectivity index (χ4n) is 3.59. The Balaban J connectivity index is 1.63. The van der Waals surface area contributed by atoms with Gasteiger partial charge in [0.25, 0.3) is 0 Å². The van der Waals surface area contributed by atoms with E-state index in [1.807, 2.05) is 0 Å². The van der Waals surface area contributed by atoms with Crippen molar-refractivity contribution in [3.05, 3.63) is 65.6 Å². The van der Waals surface area contributed by atoms with E-state index in [0.717, 1.165) is 28.6 Å². The Labute approximate surface area is 195 Å². The molecule has 13 heteroatoms. The zero-order valence-corrected chi connectivity index (χ0v) is 18.1. The predicted molar refractivity (Wildman–Crippen MR) is 113 cm³/mol. The van der Waals surface area contributed by atoms with Crippen molar-refractivity contribution in [1.29, 1.82) is 0 Å². The number of rotatable bonds is 6. The molecule has 1 amide bonds. The van der Waals surface area contributed by atoms with Crippen LogP contribution < -0.4 is 5.73 Å². The van der Waals surface area contributed by atoms with Gasteiger partial charge in [-0.1, -0.05) is 23.0 Å². The van der Waals surface area contributed by atoms with Crippen LogP contribution in [0.15, 0.2) is 47.5 Å². The number of aliphatic hydroxyl groups excluding tert-OH is 3. The molecule has 9 nitrogen and oxygen atoms in total. The third kappa shape index (κ3) is 4.65. The van der Waals surface area contributed by atoms with Crippen LogP contribution in [0, 0.1) is 17.5 Å². The lowest BCUT2D eigenvalue weighted by atomic mass is 9.97. The van der Waals surface area contributed by atoms with Crippen molar-refractivity contribution >= 4 is 17.7 Å². The van der Waals surface area contributed by atoms with E-state index >= 15 is 0 Å². The first-order valence-electron chi connectivity index (χ1n) is 9.95. The van der Waals surface area contributed by atoms with Crippen molar-refractivity contribution in [2.45, 2.75) is 34.7 Å². The van der Waals surface area contributed by atoms with Gasteiger partial charge in [-0.2, -0.15) is 0 Å². The van der Waals surface area contributed by atoms with Crippen molar-refractivity contribution < 1.29 is 38.0 Å². The molecule has 0 aliphatic carbocycles. The monoisotopic (exact) mass is 496 g/mol. The largest absolute Gasteiger partial charge is 0.394 e. The summed E-state index contributed by atoms with van der Waals surface area (Å²) >= 11 is 1.03. The average Bonchev–Trinajstić information content (AvgIpc) is 3.29. The van der Waals surface area contributed by atoms with Crippen LogP contribution in [0.1, 0.15) is 16.4 Å². The second kappa shape index (κ2) is 9.72. The molecule has 3 aromatic rings. The quantitative estimate of drug-likeness (QED) is 0.373. The lowest BCUT2D eigenvalue weighted by molar-refractivity contribution is -0.178. The van der Waals surface area contributed by atoms with Gasteiger partial charge in [-0.05, 0) is 30.3 Å². The highest BCUT2D eigenvalue weighted by Crippen LogP contribution is 2.38. The molecular weight excluding hydrogens is 477 g/mol. The minimum absolute atomic E-state index is 0.0393. The molecule has 0 spiro atoms. The van der Waals surface area contributed by atoms with Crippen LogP contribution in [-0.4, -0.2) is 66.6 Å². The summed E-state index contributed by atoms with van der Waals surface area (Å²) in [6.45, 7) is -0.585. The van der Waals surface area contributed by atoms with E-state index in [1.165, 1.54) is 18.3 Å². The minimum atomic E-state index is -1.63. The fourth-order valence-corrected chi connectivity index (χ4v) is 4.71. The lowest BCUT2D eigenvalue weighted by Crippen LogP contribution is -2.55. The number of carbonyl (C=O) groups excluding carboxylic acids is 1. The zero-order valence-electron chi connectivity index (χ0n) is 17.3. The van der Waals surface area contributed by atoms with Gasteiger partial charge >= 0.3 is 0 Å². The molecule has 0 bridgehead atoms. The van der Waals surface area contributed by atoms with Crippen LogP contribution in [0.4, 0.5) is 13.2 Å². The normalized spacial score (nSPS) is 24.8. The first-order valence-corrected chi connectivity index (χ1v) is 10.8.